The zero-order chi connectivity index (χ0) is 14.1. The Bertz CT molecular complexity index is 700. The SMILES string of the molecule is Cc1ccc(C2=CC(=O)N(c3ccccc3)C2=O)cc1. The van der Waals surface area contributed by atoms with E-state index in [9.17, 15) is 9.59 Å². The molecule has 0 aromatic heterocycles. The zero-order valence-electron chi connectivity index (χ0n) is 11.0. The number of para-hydroxylation sites is 1. The van der Waals surface area contributed by atoms with Crippen molar-refractivity contribution in [3.63, 3.8) is 0 Å². The average molecular weight is 263 g/mol. The molecule has 0 radical (unpaired) electrons. The smallest absolute Gasteiger partial charge is 0.266 e. The second-order valence-electron chi connectivity index (χ2n) is 4.74. The van der Waals surface area contributed by atoms with Gasteiger partial charge in [-0.3, -0.25) is 9.59 Å². The molecule has 3 heteroatoms. The minimum absolute atomic E-state index is 0.273. The first-order chi connectivity index (χ1) is 9.66. The number of nitrogens with zero attached hydrogens (tertiary/aromatic N) is 1. The molecule has 2 amide bonds. The molecule has 20 heavy (non-hydrogen) atoms. The van der Waals surface area contributed by atoms with Gasteiger partial charge in [-0.15, -0.1) is 0 Å². The number of benzene rings is 2. The first kappa shape index (κ1) is 12.4. The number of hydrogen-bond acceptors (Lipinski definition) is 2. The van der Waals surface area contributed by atoms with Gasteiger partial charge >= 0.3 is 0 Å². The van der Waals surface area contributed by atoms with Crippen LogP contribution in [0.5, 0.6) is 0 Å². The van der Waals surface area contributed by atoms with Crippen LogP contribution in [0.1, 0.15) is 11.1 Å². The van der Waals surface area contributed by atoms with E-state index in [2.05, 4.69) is 0 Å². The number of carbonyl (C=O) groups excluding carboxylic acids is 2. The van der Waals surface area contributed by atoms with Gasteiger partial charge in [-0.1, -0.05) is 48.0 Å². The topological polar surface area (TPSA) is 37.4 Å². The fraction of sp³-hybridized carbons (Fsp3) is 0.0588. The summed E-state index contributed by atoms with van der Waals surface area (Å²) in [6.45, 7) is 1.98. The van der Waals surface area contributed by atoms with Crippen LogP contribution in [0.3, 0.4) is 0 Å². The number of hydrogen-bond donors (Lipinski definition) is 0. The molecule has 0 unspecified atom stereocenters. The van der Waals surface area contributed by atoms with Crippen LogP contribution in [0.15, 0.2) is 60.7 Å². The Labute approximate surface area is 117 Å². The third kappa shape index (κ3) is 2.03. The standard InChI is InChI=1S/C17H13NO2/c1-12-7-9-13(10-8-12)15-11-16(19)18(17(15)20)14-5-3-2-4-6-14/h2-11H,1H3. The minimum atomic E-state index is -0.295. The quantitative estimate of drug-likeness (QED) is 0.781. The van der Waals surface area contributed by atoms with Crippen molar-refractivity contribution in [2.75, 3.05) is 4.90 Å². The minimum Gasteiger partial charge on any atom is -0.269 e. The van der Waals surface area contributed by atoms with Gasteiger partial charge in [0.1, 0.15) is 0 Å². The van der Waals surface area contributed by atoms with E-state index in [0.717, 1.165) is 11.1 Å². The fourth-order valence-corrected chi connectivity index (χ4v) is 2.23. The summed E-state index contributed by atoms with van der Waals surface area (Å²) in [5.41, 5.74) is 2.93. The summed E-state index contributed by atoms with van der Waals surface area (Å²) in [5, 5.41) is 0. The summed E-state index contributed by atoms with van der Waals surface area (Å²) in [5.74, 6) is -0.568. The summed E-state index contributed by atoms with van der Waals surface area (Å²) < 4.78 is 0. The van der Waals surface area contributed by atoms with E-state index in [1.807, 2.05) is 37.3 Å². The molecule has 0 aliphatic carbocycles. The van der Waals surface area contributed by atoms with Crippen LogP contribution in [-0.4, -0.2) is 11.8 Å². The lowest BCUT2D eigenvalue weighted by Gasteiger charge is -2.14. The molecule has 1 aliphatic heterocycles. The Kier molecular flexibility index (Phi) is 2.95. The maximum atomic E-state index is 12.4. The first-order valence-electron chi connectivity index (χ1n) is 6.39. The summed E-state index contributed by atoms with van der Waals surface area (Å²) in [6, 6.07) is 16.5. The van der Waals surface area contributed by atoms with Crippen molar-refractivity contribution in [3.05, 3.63) is 71.8 Å². The number of anilines is 1. The monoisotopic (exact) mass is 263 g/mol. The average Bonchev–Trinajstić information content (AvgIpc) is 2.76. The summed E-state index contributed by atoms with van der Waals surface area (Å²) in [7, 11) is 0. The number of amides is 2. The van der Waals surface area contributed by atoms with E-state index in [-0.39, 0.29) is 11.8 Å². The first-order valence-corrected chi connectivity index (χ1v) is 6.39. The van der Waals surface area contributed by atoms with Gasteiger partial charge in [0.15, 0.2) is 0 Å². The molecule has 0 saturated heterocycles. The maximum Gasteiger partial charge on any atom is 0.266 e. The van der Waals surface area contributed by atoms with Gasteiger partial charge in [0, 0.05) is 6.08 Å². The van der Waals surface area contributed by atoms with Gasteiger partial charge in [-0.05, 0) is 24.6 Å². The molecule has 3 nitrogen and oxygen atoms in total. The lowest BCUT2D eigenvalue weighted by molar-refractivity contribution is -0.119. The number of aryl methyl sites for hydroxylation is 1. The molecule has 0 spiro atoms. The molecule has 0 N–H and O–H groups in total. The molecule has 2 aromatic rings. The largest absolute Gasteiger partial charge is 0.269 e. The van der Waals surface area contributed by atoms with Crippen molar-refractivity contribution in [2.24, 2.45) is 0 Å². The Hall–Kier alpha value is -2.68. The van der Waals surface area contributed by atoms with Gasteiger partial charge in [0.25, 0.3) is 11.8 Å². The van der Waals surface area contributed by atoms with E-state index in [4.69, 9.17) is 0 Å². The molecule has 98 valence electrons. The van der Waals surface area contributed by atoms with Gasteiger partial charge in [-0.2, -0.15) is 0 Å². The highest BCUT2D eigenvalue weighted by Gasteiger charge is 2.32. The lowest BCUT2D eigenvalue weighted by atomic mass is 10.0. The van der Waals surface area contributed by atoms with Gasteiger partial charge < -0.3 is 0 Å². The molecule has 1 aliphatic rings. The second-order valence-corrected chi connectivity index (χ2v) is 4.74. The Morgan fingerprint density at radius 3 is 2.15 bits per heavy atom. The van der Waals surface area contributed by atoms with E-state index in [1.54, 1.807) is 24.3 Å². The normalized spacial score (nSPS) is 14.7. The molecule has 0 saturated carbocycles. The van der Waals surface area contributed by atoms with Crippen LogP contribution >= 0.6 is 0 Å². The van der Waals surface area contributed by atoms with Crippen molar-refractivity contribution in [2.45, 2.75) is 6.92 Å². The molecule has 0 bridgehead atoms. The number of carbonyl (C=O) groups is 2. The zero-order valence-corrected chi connectivity index (χ0v) is 11.0. The molecule has 2 aromatic carbocycles. The highest BCUT2D eigenvalue weighted by Crippen LogP contribution is 2.28. The van der Waals surface area contributed by atoms with Gasteiger partial charge in [0.05, 0.1) is 11.3 Å². The summed E-state index contributed by atoms with van der Waals surface area (Å²) >= 11 is 0. The van der Waals surface area contributed by atoms with Crippen LogP contribution < -0.4 is 4.90 Å². The molecular formula is C17H13NO2. The van der Waals surface area contributed by atoms with Crippen LogP contribution in [0.4, 0.5) is 5.69 Å². The van der Waals surface area contributed by atoms with E-state index in [1.165, 1.54) is 11.0 Å². The lowest BCUT2D eigenvalue weighted by Crippen LogP contribution is -2.30. The fourth-order valence-electron chi connectivity index (χ4n) is 2.23. The summed E-state index contributed by atoms with van der Waals surface area (Å²) in [6.07, 6.45) is 1.40. The third-order valence-electron chi connectivity index (χ3n) is 3.30. The van der Waals surface area contributed by atoms with Crippen LogP contribution in [0.2, 0.25) is 0 Å². The van der Waals surface area contributed by atoms with E-state index < -0.39 is 0 Å². The van der Waals surface area contributed by atoms with E-state index in [0.29, 0.717) is 11.3 Å². The Morgan fingerprint density at radius 1 is 0.850 bits per heavy atom. The maximum absolute atomic E-state index is 12.4. The molecular weight excluding hydrogens is 250 g/mol. The van der Waals surface area contributed by atoms with Crippen molar-refractivity contribution in [3.8, 4) is 0 Å². The second kappa shape index (κ2) is 4.78. The molecule has 1 heterocycles. The van der Waals surface area contributed by atoms with E-state index >= 15 is 0 Å². The predicted octanol–water partition coefficient (Wildman–Crippen LogP) is 2.95. The molecule has 3 rings (SSSR count). The number of imide groups is 1. The highest BCUT2D eigenvalue weighted by atomic mass is 16.2. The van der Waals surface area contributed by atoms with Crippen molar-refractivity contribution >= 4 is 23.1 Å². The van der Waals surface area contributed by atoms with Crippen LogP contribution in [-0.2, 0) is 9.59 Å². The van der Waals surface area contributed by atoms with Gasteiger partial charge in [0.2, 0.25) is 0 Å². The molecule has 0 atom stereocenters. The highest BCUT2D eigenvalue weighted by molar-refractivity contribution is 6.43. The Morgan fingerprint density at radius 2 is 1.50 bits per heavy atom. The Balaban J connectivity index is 1.97. The molecule has 0 fully saturated rings. The number of rotatable bonds is 2. The summed E-state index contributed by atoms with van der Waals surface area (Å²) in [4.78, 5) is 25.7. The van der Waals surface area contributed by atoms with Crippen LogP contribution in [0.25, 0.3) is 5.57 Å². The van der Waals surface area contributed by atoms with Crippen LogP contribution in [0, 0.1) is 6.92 Å². The van der Waals surface area contributed by atoms with Crippen molar-refractivity contribution < 1.29 is 9.59 Å². The van der Waals surface area contributed by atoms with Crippen molar-refractivity contribution in [1.29, 1.82) is 0 Å². The van der Waals surface area contributed by atoms with Crippen molar-refractivity contribution in [1.82, 2.24) is 0 Å². The van der Waals surface area contributed by atoms with Gasteiger partial charge in [-0.25, -0.2) is 4.90 Å². The predicted molar refractivity (Wildman–Crippen MR) is 78.1 cm³/mol. The third-order valence-corrected chi connectivity index (χ3v) is 3.30.